The first-order chi connectivity index (χ1) is 14.7. The van der Waals surface area contributed by atoms with Crippen LogP contribution in [0.5, 0.6) is 0 Å². The number of hydrogen-bond acceptors (Lipinski definition) is 6. The lowest BCUT2D eigenvalue weighted by atomic mass is 9.91. The maximum atomic E-state index is 14.0. The number of halogens is 2. The molecule has 2 atom stereocenters. The van der Waals surface area contributed by atoms with Crippen LogP contribution in [0, 0.1) is 36.3 Å². The summed E-state index contributed by atoms with van der Waals surface area (Å²) >= 11 is 0. The average Bonchev–Trinajstić information content (AvgIpc) is 3.47. The predicted octanol–water partition coefficient (Wildman–Crippen LogP) is 3.54. The van der Waals surface area contributed by atoms with Crippen molar-refractivity contribution in [3.05, 3.63) is 47.3 Å². The van der Waals surface area contributed by atoms with Crippen LogP contribution in [0.4, 0.5) is 14.7 Å². The van der Waals surface area contributed by atoms with Crippen molar-refractivity contribution in [1.82, 2.24) is 9.97 Å². The van der Waals surface area contributed by atoms with Gasteiger partial charge in [0.2, 0.25) is 5.95 Å². The Labute approximate surface area is 181 Å². The molecule has 4 rings (SSSR count). The molecule has 2 aliphatic rings. The average molecular weight is 452 g/mol. The van der Waals surface area contributed by atoms with Gasteiger partial charge in [-0.15, -0.1) is 0 Å². The molecule has 31 heavy (non-hydrogen) atoms. The molecule has 168 valence electrons. The molecule has 6 nitrogen and oxygen atoms in total. The topological polar surface area (TPSA) is 72.4 Å². The fraction of sp³-hybridized carbons (Fsp3) is 0.545. The summed E-state index contributed by atoms with van der Waals surface area (Å²) in [6.45, 7) is 4.47. The number of benzene rings is 1. The van der Waals surface area contributed by atoms with E-state index in [0.29, 0.717) is 29.9 Å². The highest BCUT2D eigenvalue weighted by molar-refractivity contribution is 7.90. The van der Waals surface area contributed by atoms with Crippen molar-refractivity contribution in [3.63, 3.8) is 0 Å². The van der Waals surface area contributed by atoms with Crippen molar-refractivity contribution in [1.29, 1.82) is 0 Å². The Hall–Kier alpha value is -2.13. The van der Waals surface area contributed by atoms with Gasteiger partial charge in [0.15, 0.2) is 9.84 Å². The van der Waals surface area contributed by atoms with Crippen molar-refractivity contribution < 1.29 is 21.9 Å². The molecule has 1 aliphatic heterocycles. The largest absolute Gasteiger partial charge is 0.376 e. The second-order valence-electron chi connectivity index (χ2n) is 8.72. The molecule has 0 bridgehead atoms. The molecular weight excluding hydrogens is 424 g/mol. The van der Waals surface area contributed by atoms with Crippen LogP contribution < -0.4 is 4.90 Å². The monoisotopic (exact) mass is 451 g/mol. The van der Waals surface area contributed by atoms with Crippen LogP contribution in [0.15, 0.2) is 29.4 Å². The first-order valence-electron chi connectivity index (χ1n) is 10.5. The number of anilines is 1. The van der Waals surface area contributed by atoms with Gasteiger partial charge in [0, 0.05) is 31.7 Å². The summed E-state index contributed by atoms with van der Waals surface area (Å²) in [5, 5.41) is 0. The van der Waals surface area contributed by atoms with Crippen LogP contribution in [0.1, 0.15) is 30.4 Å². The Morgan fingerprint density at radius 1 is 1.13 bits per heavy atom. The van der Waals surface area contributed by atoms with Gasteiger partial charge in [-0.05, 0) is 67.2 Å². The zero-order valence-electron chi connectivity index (χ0n) is 17.7. The minimum absolute atomic E-state index is 0.0598. The molecule has 0 radical (unpaired) electrons. The summed E-state index contributed by atoms with van der Waals surface area (Å²) in [6, 6.07) is 2.07. The first kappa shape index (κ1) is 22.1. The highest BCUT2D eigenvalue weighted by Crippen LogP contribution is 2.48. The summed E-state index contributed by atoms with van der Waals surface area (Å²) in [7, 11) is -3.95. The number of piperidine rings is 1. The van der Waals surface area contributed by atoms with Crippen LogP contribution in [-0.2, 0) is 21.2 Å². The SMILES string of the molecule is Cc1cnc(N2CCC([C@H]3C[C@H]3COCc3cc(F)c(S(C)(=O)=O)c(F)c3)CC2)nc1. The molecule has 2 heterocycles. The van der Waals surface area contributed by atoms with E-state index in [1.807, 2.05) is 19.3 Å². The summed E-state index contributed by atoms with van der Waals surface area (Å²) < 4.78 is 56.6. The lowest BCUT2D eigenvalue weighted by Crippen LogP contribution is -2.35. The summed E-state index contributed by atoms with van der Waals surface area (Å²) in [4.78, 5) is 10.2. The van der Waals surface area contributed by atoms with Crippen LogP contribution in [0.3, 0.4) is 0 Å². The Kier molecular flexibility index (Phi) is 6.25. The van der Waals surface area contributed by atoms with E-state index in [0.717, 1.165) is 62.3 Å². The molecule has 9 heteroatoms. The number of hydrogen-bond donors (Lipinski definition) is 0. The number of sulfone groups is 1. The molecule has 1 saturated heterocycles. The van der Waals surface area contributed by atoms with Crippen LogP contribution >= 0.6 is 0 Å². The summed E-state index contributed by atoms with van der Waals surface area (Å²) in [5.41, 5.74) is 1.35. The molecule has 2 aromatic rings. The quantitative estimate of drug-likeness (QED) is 0.641. The van der Waals surface area contributed by atoms with Crippen LogP contribution in [0.2, 0.25) is 0 Å². The van der Waals surface area contributed by atoms with Gasteiger partial charge in [-0.25, -0.2) is 27.2 Å². The fourth-order valence-electron chi connectivity index (χ4n) is 4.49. The van der Waals surface area contributed by atoms with Gasteiger partial charge in [-0.1, -0.05) is 0 Å². The molecule has 0 unspecified atom stereocenters. The van der Waals surface area contributed by atoms with E-state index in [2.05, 4.69) is 14.9 Å². The molecule has 0 spiro atoms. The molecule has 1 saturated carbocycles. The van der Waals surface area contributed by atoms with Crippen molar-refractivity contribution >= 4 is 15.8 Å². The third kappa shape index (κ3) is 5.20. The van der Waals surface area contributed by atoms with E-state index in [1.54, 1.807) is 0 Å². The normalized spacial score (nSPS) is 22.0. The first-order valence-corrected chi connectivity index (χ1v) is 12.4. The molecule has 1 aromatic heterocycles. The molecule has 1 aliphatic carbocycles. The van der Waals surface area contributed by atoms with Gasteiger partial charge in [0.05, 0.1) is 13.2 Å². The highest BCUT2D eigenvalue weighted by atomic mass is 32.2. The van der Waals surface area contributed by atoms with E-state index in [9.17, 15) is 17.2 Å². The number of aryl methyl sites for hydroxylation is 1. The van der Waals surface area contributed by atoms with Gasteiger partial charge in [0.1, 0.15) is 16.5 Å². The molecule has 2 fully saturated rings. The van der Waals surface area contributed by atoms with Crippen LogP contribution in [0.25, 0.3) is 0 Å². The van der Waals surface area contributed by atoms with Crippen LogP contribution in [-0.4, -0.2) is 44.3 Å². The Bertz CT molecular complexity index is 1020. The van der Waals surface area contributed by atoms with Gasteiger partial charge < -0.3 is 9.64 Å². The lowest BCUT2D eigenvalue weighted by Gasteiger charge is -2.32. The van der Waals surface area contributed by atoms with Gasteiger partial charge in [-0.3, -0.25) is 0 Å². The number of nitrogens with zero attached hydrogens (tertiary/aromatic N) is 3. The minimum atomic E-state index is -3.95. The zero-order chi connectivity index (χ0) is 22.2. The van der Waals surface area contributed by atoms with Crippen molar-refractivity contribution in [2.24, 2.45) is 17.8 Å². The summed E-state index contributed by atoms with van der Waals surface area (Å²) in [6.07, 6.45) is 7.78. The zero-order valence-corrected chi connectivity index (χ0v) is 18.5. The standard InChI is InChI=1S/C22H27F2N3O3S/c1-14-10-25-22(26-11-14)27-5-3-16(4-6-27)18-9-17(18)13-30-12-15-7-19(23)21(20(24)8-15)31(2,28)29/h7-8,10-11,16-18H,3-6,9,12-13H2,1-2H3/t17-,18+/m0/s1. The summed E-state index contributed by atoms with van der Waals surface area (Å²) in [5.74, 6) is 0.393. The maximum absolute atomic E-state index is 14.0. The Morgan fingerprint density at radius 3 is 2.32 bits per heavy atom. The third-order valence-electron chi connectivity index (χ3n) is 6.20. The van der Waals surface area contributed by atoms with Gasteiger partial charge >= 0.3 is 0 Å². The number of rotatable bonds is 7. The smallest absolute Gasteiger partial charge is 0.225 e. The van der Waals surface area contributed by atoms with Gasteiger partial charge in [0.25, 0.3) is 0 Å². The maximum Gasteiger partial charge on any atom is 0.225 e. The van der Waals surface area contributed by atoms with E-state index in [-0.39, 0.29) is 6.61 Å². The van der Waals surface area contributed by atoms with E-state index >= 15 is 0 Å². The predicted molar refractivity (Wildman–Crippen MR) is 112 cm³/mol. The van der Waals surface area contributed by atoms with Crippen molar-refractivity contribution in [3.8, 4) is 0 Å². The second-order valence-corrected chi connectivity index (χ2v) is 10.7. The Balaban J connectivity index is 1.22. The highest BCUT2D eigenvalue weighted by Gasteiger charge is 2.43. The number of ether oxygens (including phenoxy) is 1. The van der Waals surface area contributed by atoms with Crippen molar-refractivity contribution in [2.75, 3.05) is 30.9 Å². The number of aromatic nitrogens is 2. The third-order valence-corrected chi connectivity index (χ3v) is 7.33. The van der Waals surface area contributed by atoms with E-state index in [4.69, 9.17) is 4.74 Å². The van der Waals surface area contributed by atoms with E-state index in [1.165, 1.54) is 0 Å². The molecule has 0 amide bonds. The fourth-order valence-corrected chi connectivity index (χ4v) is 5.32. The minimum Gasteiger partial charge on any atom is -0.376 e. The second kappa shape index (κ2) is 8.78. The van der Waals surface area contributed by atoms with Gasteiger partial charge in [-0.2, -0.15) is 0 Å². The Morgan fingerprint density at radius 2 is 1.74 bits per heavy atom. The lowest BCUT2D eigenvalue weighted by molar-refractivity contribution is 0.103. The van der Waals surface area contributed by atoms with Crippen molar-refractivity contribution in [2.45, 2.75) is 37.7 Å². The molecular formula is C22H27F2N3O3S. The molecule has 1 aromatic carbocycles. The van der Waals surface area contributed by atoms with E-state index < -0.39 is 26.4 Å². The molecule has 0 N–H and O–H groups in total.